The van der Waals surface area contributed by atoms with Gasteiger partial charge >= 0.3 is 6.18 Å². The molecule has 0 aromatic heterocycles. The molecule has 2 amide bonds. The fraction of sp³-hybridized carbons (Fsp3) is 0.375. The monoisotopic (exact) mass is 473 g/mol. The lowest BCUT2D eigenvalue weighted by Crippen LogP contribution is -2.48. The highest BCUT2D eigenvalue weighted by Crippen LogP contribution is 2.34. The number of fused-ring (bicyclic) bond motifs is 1. The van der Waals surface area contributed by atoms with Crippen molar-refractivity contribution in [1.82, 2.24) is 9.80 Å². The Hall–Kier alpha value is -3.56. The van der Waals surface area contributed by atoms with Crippen molar-refractivity contribution in [3.8, 4) is 0 Å². The molecule has 34 heavy (non-hydrogen) atoms. The third-order valence-electron chi connectivity index (χ3n) is 6.31. The van der Waals surface area contributed by atoms with Crippen LogP contribution in [0.15, 0.2) is 36.4 Å². The number of nitrogens with one attached hydrogen (secondary N) is 2. The number of piperidine rings is 1. The van der Waals surface area contributed by atoms with Crippen molar-refractivity contribution in [3.63, 3.8) is 0 Å². The van der Waals surface area contributed by atoms with E-state index >= 15 is 0 Å². The van der Waals surface area contributed by atoms with Gasteiger partial charge in [-0.2, -0.15) is 13.2 Å². The summed E-state index contributed by atoms with van der Waals surface area (Å²) in [5, 5.41) is 10.9. The Morgan fingerprint density at radius 3 is 2.71 bits per heavy atom. The summed E-state index contributed by atoms with van der Waals surface area (Å²) in [4.78, 5) is 28.5. The summed E-state index contributed by atoms with van der Waals surface area (Å²) in [6.45, 7) is 1.49. The summed E-state index contributed by atoms with van der Waals surface area (Å²) in [7, 11) is 0. The second-order valence-electron chi connectivity index (χ2n) is 8.77. The van der Waals surface area contributed by atoms with E-state index in [1.165, 1.54) is 9.80 Å². The third kappa shape index (κ3) is 4.71. The maximum atomic E-state index is 13.1. The Labute approximate surface area is 195 Å². The van der Waals surface area contributed by atoms with Crippen LogP contribution in [0.2, 0.25) is 0 Å². The van der Waals surface area contributed by atoms with Crippen molar-refractivity contribution >= 4 is 34.6 Å². The number of halogens is 3. The molecule has 0 radical (unpaired) electrons. The van der Waals surface area contributed by atoms with Crippen LogP contribution in [0.4, 0.5) is 30.2 Å². The van der Waals surface area contributed by atoms with Crippen molar-refractivity contribution in [2.24, 2.45) is 5.92 Å². The normalized spacial score (nSPS) is 18.1. The molecule has 1 atom stereocenters. The summed E-state index contributed by atoms with van der Waals surface area (Å²) in [6.07, 6.45) is -4.03. The topological polar surface area (TPSA) is 103 Å². The number of anilines is 3. The van der Waals surface area contributed by atoms with Crippen molar-refractivity contribution in [2.75, 3.05) is 30.7 Å². The second kappa shape index (κ2) is 9.00. The predicted molar refractivity (Wildman–Crippen MR) is 123 cm³/mol. The number of nitrogens with zero attached hydrogens (tertiary/aromatic N) is 2. The smallest absolute Gasteiger partial charge is 0.393 e. The molecule has 0 aliphatic carbocycles. The Kier molecular flexibility index (Phi) is 6.24. The highest BCUT2D eigenvalue weighted by Gasteiger charge is 2.43. The molecule has 2 aliphatic rings. The lowest BCUT2D eigenvalue weighted by molar-refractivity contribution is -0.188. The standard InChI is InChI=1S/C24H26F3N5O2/c1-14(28)18-8-7-17(10-19(18)29)30-20-6-2-4-15-11-32(23(34)22(15)20)13-21(33)31-9-3-5-16(12-31)24(25,26)27/h2,4,6-8,10,16,28,30H,3,5,9,11-13,29H2,1H3. The minimum absolute atomic E-state index is 0.0152. The first-order valence-corrected chi connectivity index (χ1v) is 11.0. The van der Waals surface area contributed by atoms with Crippen molar-refractivity contribution in [2.45, 2.75) is 32.5 Å². The van der Waals surface area contributed by atoms with Crippen LogP contribution in [0.25, 0.3) is 0 Å². The molecule has 10 heteroatoms. The minimum atomic E-state index is -4.34. The maximum Gasteiger partial charge on any atom is 0.393 e. The number of carbonyl (C=O) groups excluding carboxylic acids is 2. The van der Waals surface area contributed by atoms with Gasteiger partial charge in [0.05, 0.1) is 17.2 Å². The van der Waals surface area contributed by atoms with Gasteiger partial charge in [0.2, 0.25) is 5.91 Å². The Balaban J connectivity index is 1.47. The molecule has 1 fully saturated rings. The molecule has 0 spiro atoms. The van der Waals surface area contributed by atoms with Gasteiger partial charge in [-0.3, -0.25) is 9.59 Å². The summed E-state index contributed by atoms with van der Waals surface area (Å²) in [5.41, 5.74) is 9.77. The zero-order valence-corrected chi connectivity index (χ0v) is 18.7. The van der Waals surface area contributed by atoms with E-state index in [-0.39, 0.29) is 44.9 Å². The zero-order chi connectivity index (χ0) is 24.6. The van der Waals surface area contributed by atoms with E-state index < -0.39 is 18.0 Å². The summed E-state index contributed by atoms with van der Waals surface area (Å²) >= 11 is 0. The van der Waals surface area contributed by atoms with Crippen molar-refractivity contribution in [3.05, 3.63) is 53.1 Å². The van der Waals surface area contributed by atoms with E-state index in [0.717, 1.165) is 5.56 Å². The van der Waals surface area contributed by atoms with Crippen molar-refractivity contribution < 1.29 is 22.8 Å². The first-order chi connectivity index (χ1) is 16.0. The van der Waals surface area contributed by atoms with Gasteiger partial charge in [-0.15, -0.1) is 0 Å². The van der Waals surface area contributed by atoms with Gasteiger partial charge in [0.1, 0.15) is 6.54 Å². The van der Waals surface area contributed by atoms with Gasteiger partial charge < -0.3 is 26.3 Å². The molecule has 2 aromatic carbocycles. The molecule has 4 N–H and O–H groups in total. The molecule has 1 saturated heterocycles. The number of likely N-dealkylation sites (tertiary alicyclic amines) is 1. The average Bonchev–Trinajstić information content (AvgIpc) is 3.09. The highest BCUT2D eigenvalue weighted by molar-refractivity contribution is 6.06. The van der Waals surface area contributed by atoms with E-state index in [1.54, 1.807) is 43.3 Å². The first kappa shape index (κ1) is 23.6. The summed E-state index contributed by atoms with van der Waals surface area (Å²) in [6, 6.07) is 10.5. The van der Waals surface area contributed by atoms with E-state index in [9.17, 15) is 22.8 Å². The number of carbonyl (C=O) groups is 2. The van der Waals surface area contributed by atoms with E-state index in [0.29, 0.717) is 33.9 Å². The van der Waals surface area contributed by atoms with Gasteiger partial charge in [0, 0.05) is 42.3 Å². The number of nitrogens with two attached hydrogens (primary N) is 1. The molecule has 1 unspecified atom stereocenters. The second-order valence-corrected chi connectivity index (χ2v) is 8.77. The lowest BCUT2D eigenvalue weighted by Gasteiger charge is -2.34. The largest absolute Gasteiger partial charge is 0.398 e. The number of hydrogen-bond acceptors (Lipinski definition) is 5. The van der Waals surface area contributed by atoms with Crippen LogP contribution in [-0.2, 0) is 11.3 Å². The number of amides is 2. The van der Waals surface area contributed by atoms with Crippen LogP contribution in [0.5, 0.6) is 0 Å². The predicted octanol–water partition coefficient (Wildman–Crippen LogP) is 4.16. The molecular formula is C24H26F3N5O2. The number of rotatable bonds is 5. The van der Waals surface area contributed by atoms with Gasteiger partial charge in [0.15, 0.2) is 0 Å². The summed E-state index contributed by atoms with van der Waals surface area (Å²) in [5.74, 6) is -2.35. The van der Waals surface area contributed by atoms with Gasteiger partial charge in [-0.25, -0.2) is 0 Å². The molecule has 2 heterocycles. The molecule has 7 nitrogen and oxygen atoms in total. The molecule has 180 valence electrons. The van der Waals surface area contributed by atoms with E-state index in [2.05, 4.69) is 5.32 Å². The Morgan fingerprint density at radius 2 is 2.03 bits per heavy atom. The molecule has 2 aliphatic heterocycles. The van der Waals surface area contributed by atoms with Crippen LogP contribution in [0, 0.1) is 11.3 Å². The fourth-order valence-electron chi connectivity index (χ4n) is 4.52. The van der Waals surface area contributed by atoms with Gasteiger partial charge in [0.25, 0.3) is 5.91 Å². The fourth-order valence-corrected chi connectivity index (χ4v) is 4.52. The third-order valence-corrected chi connectivity index (χ3v) is 6.31. The Bertz CT molecular complexity index is 1150. The number of hydrogen-bond donors (Lipinski definition) is 3. The molecule has 4 rings (SSSR count). The average molecular weight is 473 g/mol. The van der Waals surface area contributed by atoms with Crippen LogP contribution in [0.1, 0.15) is 41.3 Å². The number of alkyl halides is 3. The zero-order valence-electron chi connectivity index (χ0n) is 18.7. The van der Waals surface area contributed by atoms with Gasteiger partial charge in [-0.1, -0.05) is 12.1 Å². The lowest BCUT2D eigenvalue weighted by atomic mass is 9.97. The van der Waals surface area contributed by atoms with Crippen LogP contribution in [0.3, 0.4) is 0 Å². The quantitative estimate of drug-likeness (QED) is 0.448. The number of nitrogen functional groups attached to an aromatic ring is 1. The Morgan fingerprint density at radius 1 is 1.26 bits per heavy atom. The number of benzene rings is 2. The van der Waals surface area contributed by atoms with Crippen molar-refractivity contribution in [1.29, 1.82) is 5.41 Å². The first-order valence-electron chi connectivity index (χ1n) is 11.0. The van der Waals surface area contributed by atoms with Crippen LogP contribution in [-0.4, -0.2) is 53.1 Å². The van der Waals surface area contributed by atoms with Gasteiger partial charge in [-0.05, 0) is 49.6 Å². The van der Waals surface area contributed by atoms with Crippen LogP contribution >= 0.6 is 0 Å². The minimum Gasteiger partial charge on any atom is -0.398 e. The van der Waals surface area contributed by atoms with Crippen LogP contribution < -0.4 is 11.1 Å². The van der Waals surface area contributed by atoms with E-state index in [4.69, 9.17) is 11.1 Å². The van der Waals surface area contributed by atoms with E-state index in [1.807, 2.05) is 0 Å². The highest BCUT2D eigenvalue weighted by atomic mass is 19.4. The molecular weight excluding hydrogens is 447 g/mol. The molecule has 0 bridgehead atoms. The maximum absolute atomic E-state index is 13.1. The molecule has 0 saturated carbocycles. The summed E-state index contributed by atoms with van der Waals surface area (Å²) < 4.78 is 39.3. The molecule has 2 aromatic rings. The SMILES string of the molecule is CC(=N)c1ccc(Nc2cccc3c2C(=O)N(CC(=O)N2CCCC(C(F)(F)F)C2)C3)cc1N.